The van der Waals surface area contributed by atoms with Gasteiger partial charge in [0.15, 0.2) is 5.82 Å². The average molecular weight is 788 g/mol. The molecule has 2 aromatic carbocycles. The number of hydrogen-bond acceptors (Lipinski definition) is 3. The molecule has 248 valence electrons. The summed E-state index contributed by atoms with van der Waals surface area (Å²) < 4.78 is 121. The van der Waals surface area contributed by atoms with Crippen LogP contribution < -0.4 is 16.0 Å². The van der Waals surface area contributed by atoms with Crippen LogP contribution >= 0.6 is 50.7 Å². The van der Waals surface area contributed by atoms with Crippen LogP contribution in [0, 0.1) is 29.3 Å². The number of halogens is 13. The highest BCUT2D eigenvalue weighted by Crippen LogP contribution is 2.61. The van der Waals surface area contributed by atoms with Crippen LogP contribution in [0.25, 0.3) is 0 Å². The Balaban J connectivity index is 1.79. The Morgan fingerprint density at radius 1 is 1.00 bits per heavy atom. The minimum absolute atomic E-state index is 0.270. The number of carbonyl (C=O) groups excluding carboxylic acids is 3. The zero-order valence-corrected chi connectivity index (χ0v) is 26.1. The molecule has 19 heteroatoms. The summed E-state index contributed by atoms with van der Waals surface area (Å²) in [5.74, 6) is -12.7. The van der Waals surface area contributed by atoms with Crippen molar-refractivity contribution in [3.8, 4) is 0 Å². The van der Waals surface area contributed by atoms with Crippen LogP contribution in [-0.2, 0) is 9.59 Å². The lowest BCUT2D eigenvalue weighted by Crippen LogP contribution is -2.29. The fraction of sp³-hybridized carbons (Fsp3) is 0.222. The predicted octanol–water partition coefficient (Wildman–Crippen LogP) is 9.21. The molecule has 2 aromatic rings. The van der Waals surface area contributed by atoms with E-state index in [2.05, 4.69) is 11.9 Å². The zero-order chi connectivity index (χ0) is 34.9. The molecular formula is C27H16BrCl3F9N3O3. The van der Waals surface area contributed by atoms with Gasteiger partial charge in [-0.1, -0.05) is 30.3 Å². The van der Waals surface area contributed by atoms with E-state index in [0.29, 0.717) is 24.3 Å². The normalized spacial score (nSPS) is 18.1. The number of nitrogens with one attached hydrogen (secondary N) is 3. The van der Waals surface area contributed by atoms with Crippen LogP contribution in [-0.4, -0.2) is 33.1 Å². The number of carbonyl (C=O) groups is 3. The Morgan fingerprint density at radius 3 is 2.20 bits per heavy atom. The van der Waals surface area contributed by atoms with E-state index in [4.69, 9.17) is 34.8 Å². The van der Waals surface area contributed by atoms with Gasteiger partial charge in [-0.15, -0.1) is 23.2 Å². The quantitative estimate of drug-likeness (QED) is 0.128. The number of amides is 3. The van der Waals surface area contributed by atoms with Crippen molar-refractivity contribution in [2.24, 2.45) is 11.8 Å². The Morgan fingerprint density at radius 2 is 1.63 bits per heavy atom. The second kappa shape index (κ2) is 13.9. The summed E-state index contributed by atoms with van der Waals surface area (Å²) in [4.78, 5) is 33.0. The summed E-state index contributed by atoms with van der Waals surface area (Å²) in [6.45, 7) is 2.90. The number of anilines is 3. The van der Waals surface area contributed by atoms with Crippen molar-refractivity contribution in [2.75, 3.05) is 16.0 Å². The molecule has 0 spiro atoms. The fourth-order valence-electron chi connectivity index (χ4n) is 3.98. The molecule has 0 unspecified atom stereocenters. The van der Waals surface area contributed by atoms with Crippen LogP contribution in [0.4, 0.5) is 56.6 Å². The van der Waals surface area contributed by atoms with E-state index in [1.165, 1.54) is 5.32 Å². The monoisotopic (exact) mass is 785 g/mol. The van der Waals surface area contributed by atoms with Crippen molar-refractivity contribution in [1.82, 2.24) is 0 Å². The van der Waals surface area contributed by atoms with Gasteiger partial charge in [0.05, 0.1) is 27.8 Å². The summed E-state index contributed by atoms with van der Waals surface area (Å²) in [5, 5.41) is 4.56. The maximum Gasteiger partial charge on any atom is 0.419 e. The van der Waals surface area contributed by atoms with Crippen molar-refractivity contribution in [2.45, 2.75) is 21.8 Å². The SMILES string of the molecule is C=C/C(=C(F)\C=C/C[C@H]1[C@H](C(=O)Nc2cc(F)c(Cl)c(C(=O)Nc3c(F)ccc(NC(=O)C(F)(F)Br)c3F)c2)C1(Cl)Cl)C(F)(F)F. The van der Waals surface area contributed by atoms with E-state index in [0.717, 1.165) is 12.1 Å². The Labute approximate surface area is 276 Å². The van der Waals surface area contributed by atoms with E-state index in [1.807, 2.05) is 0 Å². The molecule has 1 fully saturated rings. The first-order valence-electron chi connectivity index (χ1n) is 12.2. The lowest BCUT2D eigenvalue weighted by atomic mass is 10.1. The van der Waals surface area contributed by atoms with Gasteiger partial charge in [-0.25, -0.2) is 17.6 Å². The molecule has 0 heterocycles. The van der Waals surface area contributed by atoms with Gasteiger partial charge in [-0.3, -0.25) is 14.4 Å². The maximum absolute atomic E-state index is 14.8. The van der Waals surface area contributed by atoms with E-state index in [-0.39, 0.29) is 12.5 Å². The van der Waals surface area contributed by atoms with E-state index in [9.17, 15) is 53.9 Å². The number of rotatable bonds is 10. The van der Waals surface area contributed by atoms with Gasteiger partial charge in [0.25, 0.3) is 5.91 Å². The highest BCUT2D eigenvalue weighted by Gasteiger charge is 2.66. The van der Waals surface area contributed by atoms with Gasteiger partial charge in [0.1, 0.15) is 27.5 Å². The Bertz CT molecular complexity index is 1660. The van der Waals surface area contributed by atoms with Crippen molar-refractivity contribution in [3.05, 3.63) is 88.5 Å². The van der Waals surface area contributed by atoms with E-state index < -0.39 is 101 Å². The molecule has 6 nitrogen and oxygen atoms in total. The van der Waals surface area contributed by atoms with Gasteiger partial charge in [-0.05, 0) is 36.8 Å². The van der Waals surface area contributed by atoms with Crippen LogP contribution in [0.2, 0.25) is 5.02 Å². The third-order valence-electron chi connectivity index (χ3n) is 6.28. The maximum atomic E-state index is 14.8. The molecule has 0 radical (unpaired) electrons. The molecule has 0 saturated heterocycles. The predicted molar refractivity (Wildman–Crippen MR) is 156 cm³/mol. The molecule has 2 atom stereocenters. The second-order valence-electron chi connectivity index (χ2n) is 9.36. The molecule has 0 aliphatic heterocycles. The topological polar surface area (TPSA) is 87.3 Å². The lowest BCUT2D eigenvalue weighted by Gasteiger charge is -2.15. The summed E-state index contributed by atoms with van der Waals surface area (Å²) in [7, 11) is 0. The fourth-order valence-corrected chi connectivity index (χ4v) is 5.08. The lowest BCUT2D eigenvalue weighted by molar-refractivity contribution is -0.128. The van der Waals surface area contributed by atoms with Crippen molar-refractivity contribution >= 4 is 85.5 Å². The number of allylic oxidation sites excluding steroid dienone is 5. The molecule has 3 rings (SSSR count). The molecule has 0 aromatic heterocycles. The molecule has 3 N–H and O–H groups in total. The largest absolute Gasteiger partial charge is 0.419 e. The Hall–Kier alpha value is -3.21. The smallest absolute Gasteiger partial charge is 0.326 e. The highest BCUT2D eigenvalue weighted by molar-refractivity contribution is 9.10. The summed E-state index contributed by atoms with van der Waals surface area (Å²) >= 11 is 19.8. The van der Waals surface area contributed by atoms with Crippen LogP contribution in [0.15, 0.2) is 60.5 Å². The number of benzene rings is 2. The Kier molecular flexibility index (Phi) is 11.2. The van der Waals surface area contributed by atoms with Gasteiger partial charge in [0, 0.05) is 27.5 Å². The van der Waals surface area contributed by atoms with Crippen molar-refractivity contribution in [3.63, 3.8) is 0 Å². The van der Waals surface area contributed by atoms with Crippen LogP contribution in [0.1, 0.15) is 16.8 Å². The zero-order valence-electron chi connectivity index (χ0n) is 22.2. The molecule has 0 bridgehead atoms. The first kappa shape index (κ1) is 37.2. The summed E-state index contributed by atoms with van der Waals surface area (Å²) in [6.07, 6.45) is -3.56. The minimum Gasteiger partial charge on any atom is -0.326 e. The molecule has 46 heavy (non-hydrogen) atoms. The molecule has 3 amide bonds. The third-order valence-corrected chi connectivity index (χ3v) is 8.06. The highest BCUT2D eigenvalue weighted by atomic mass is 79.9. The van der Waals surface area contributed by atoms with E-state index >= 15 is 0 Å². The van der Waals surface area contributed by atoms with Crippen LogP contribution in [0.3, 0.4) is 0 Å². The molecule has 1 aliphatic carbocycles. The number of alkyl halides is 8. The van der Waals surface area contributed by atoms with E-state index in [1.54, 1.807) is 21.2 Å². The minimum atomic E-state index is -5.01. The van der Waals surface area contributed by atoms with Gasteiger partial charge >= 0.3 is 16.9 Å². The second-order valence-corrected chi connectivity index (χ2v) is 12.2. The number of hydrogen-bond donors (Lipinski definition) is 3. The first-order chi connectivity index (χ1) is 21.1. The van der Waals surface area contributed by atoms with Crippen molar-refractivity contribution < 1.29 is 53.9 Å². The van der Waals surface area contributed by atoms with Gasteiger partial charge in [0.2, 0.25) is 5.91 Å². The molecular weight excluding hydrogens is 772 g/mol. The standard InChI is InChI=1S/C27H16BrCl3F9N3O3/c1-2-12(27(38,39)40)14(32)5-3-4-13-18(25(13,30)31)23(45)41-10-8-11(19(29)16(34)9-10)22(44)43-21-15(33)6-7-17(20(21)35)42-24(46)26(28,36)37/h2-3,5-9,13,18H,1,4H2,(H,41,45)(H,42,46)(H,43,44)/b5-3-,14-12-/t13-,18+/m0/s1. The summed E-state index contributed by atoms with van der Waals surface area (Å²) in [5.41, 5.74) is -5.04. The first-order valence-corrected chi connectivity index (χ1v) is 14.1. The van der Waals surface area contributed by atoms with Crippen molar-refractivity contribution in [1.29, 1.82) is 0 Å². The molecule has 1 saturated carbocycles. The average Bonchev–Trinajstić information content (AvgIpc) is 3.48. The van der Waals surface area contributed by atoms with Gasteiger partial charge < -0.3 is 16.0 Å². The van der Waals surface area contributed by atoms with Crippen LogP contribution in [0.5, 0.6) is 0 Å². The third kappa shape index (κ3) is 8.38. The van der Waals surface area contributed by atoms with Gasteiger partial charge in [-0.2, -0.15) is 22.0 Å². The molecule has 1 aliphatic rings. The summed E-state index contributed by atoms with van der Waals surface area (Å²) in [6, 6.07) is 2.55.